The number of halogens is 6. The fraction of sp³-hybridized carbons (Fsp3) is 0.727. The van der Waals surface area contributed by atoms with E-state index in [0.29, 0.717) is 18.7 Å². The average molecular weight is 528 g/mol. The molecule has 0 bridgehead atoms. The fourth-order valence-corrected chi connectivity index (χ4v) is 4.14. The molecule has 2 fully saturated rings. The highest BCUT2D eigenvalue weighted by atomic mass is 19.4. The first-order chi connectivity index (χ1) is 16.7. The first kappa shape index (κ1) is 29.6. The molecular formula is C22H30F6N4O4. The van der Waals surface area contributed by atoms with Crippen molar-refractivity contribution in [3.8, 4) is 0 Å². The van der Waals surface area contributed by atoms with Gasteiger partial charge in [0.25, 0.3) is 6.10 Å². The molecule has 0 radical (unpaired) electrons. The Morgan fingerprint density at radius 3 is 2.08 bits per heavy atom. The Morgan fingerprint density at radius 1 is 1.11 bits per heavy atom. The predicted molar refractivity (Wildman–Crippen MR) is 119 cm³/mol. The quantitative estimate of drug-likeness (QED) is 0.266. The van der Waals surface area contributed by atoms with Gasteiger partial charge in [-0.2, -0.15) is 26.3 Å². The first-order valence-corrected chi connectivity index (χ1v) is 11.2. The van der Waals surface area contributed by atoms with Gasteiger partial charge >= 0.3 is 18.4 Å². The fourth-order valence-electron chi connectivity index (χ4n) is 4.14. The molecule has 0 unspecified atom stereocenters. The van der Waals surface area contributed by atoms with Crippen molar-refractivity contribution in [2.24, 2.45) is 15.4 Å². The number of rotatable bonds is 8. The second-order valence-electron chi connectivity index (χ2n) is 8.89. The van der Waals surface area contributed by atoms with E-state index in [2.05, 4.69) is 21.3 Å². The van der Waals surface area contributed by atoms with Gasteiger partial charge in [-0.25, -0.2) is 14.8 Å². The summed E-state index contributed by atoms with van der Waals surface area (Å²) in [6.45, 7) is 6.95. The molecule has 14 heteroatoms. The molecule has 36 heavy (non-hydrogen) atoms. The number of carbonyl (C=O) groups excluding carboxylic acids is 2. The van der Waals surface area contributed by atoms with Crippen molar-refractivity contribution in [3.63, 3.8) is 0 Å². The molecule has 0 atom stereocenters. The van der Waals surface area contributed by atoms with Gasteiger partial charge in [-0.15, -0.1) is 0 Å². The van der Waals surface area contributed by atoms with Crippen molar-refractivity contribution in [2.75, 3.05) is 33.4 Å². The number of ether oxygens (including phenoxy) is 2. The molecule has 204 valence electrons. The molecule has 0 spiro atoms. The second kappa shape index (κ2) is 11.2. The summed E-state index contributed by atoms with van der Waals surface area (Å²) in [6.07, 6.45) is -13.5. The molecule has 1 heterocycles. The van der Waals surface area contributed by atoms with Crippen LogP contribution < -0.4 is 0 Å². The first-order valence-electron chi connectivity index (χ1n) is 11.2. The predicted octanol–water partition coefficient (Wildman–Crippen LogP) is 4.36. The number of piperidine rings is 1. The molecule has 1 aliphatic heterocycles. The smallest absolute Gasteiger partial charge is 0.426 e. The maximum Gasteiger partial charge on any atom is 0.434 e. The average Bonchev–Trinajstić information content (AvgIpc) is 3.58. The van der Waals surface area contributed by atoms with E-state index in [0.717, 1.165) is 4.90 Å². The van der Waals surface area contributed by atoms with E-state index in [4.69, 9.17) is 4.74 Å². The van der Waals surface area contributed by atoms with Gasteiger partial charge in [0.05, 0.1) is 6.61 Å². The van der Waals surface area contributed by atoms with Crippen LogP contribution in [0.15, 0.2) is 22.8 Å². The molecule has 0 aromatic heterocycles. The lowest BCUT2D eigenvalue weighted by Crippen LogP contribution is -2.59. The van der Waals surface area contributed by atoms with Gasteiger partial charge in [-0.3, -0.25) is 4.79 Å². The number of likely N-dealkylation sites (tertiary alicyclic amines) is 1. The number of nitrogens with zero attached hydrogens (tertiary/aromatic N) is 4. The number of methoxy groups -OCH3 is 1. The SMILES string of the molecule is C=CN=C(N=CC)C1(C(=O)N(CCOC)C2(C)CCN(C(=O)OC(C(F)(F)F)C(F)(F)F)CC2)CC1. The molecule has 0 aromatic rings. The summed E-state index contributed by atoms with van der Waals surface area (Å²) in [6, 6.07) is 0. The Hall–Kier alpha value is -2.64. The standard InChI is InChI=1S/C22H30F6N4O4/c1-5-29-16(30-6-2)20(7-8-20)17(33)32(13-14-35-4)19(3)9-11-31(12-10-19)18(34)36-15(21(23,24)25)22(26,27)28/h5-6,15H,1,7-14H2,2-4H3. The van der Waals surface area contributed by atoms with Crippen LogP contribution in [-0.4, -0.2) is 91.2 Å². The van der Waals surface area contributed by atoms with Gasteiger partial charge in [-0.05, 0) is 39.5 Å². The van der Waals surface area contributed by atoms with Crippen LogP contribution in [0.25, 0.3) is 0 Å². The summed E-state index contributed by atoms with van der Waals surface area (Å²) >= 11 is 0. The maximum atomic E-state index is 13.7. The van der Waals surface area contributed by atoms with Crippen LogP contribution in [0.1, 0.15) is 39.5 Å². The number of hydrogen-bond acceptors (Lipinski definition) is 5. The van der Waals surface area contributed by atoms with Crippen LogP contribution in [-0.2, 0) is 14.3 Å². The number of amides is 2. The van der Waals surface area contributed by atoms with Crippen molar-refractivity contribution in [3.05, 3.63) is 12.8 Å². The molecular weight excluding hydrogens is 498 g/mol. The Morgan fingerprint density at radius 2 is 1.67 bits per heavy atom. The van der Waals surface area contributed by atoms with E-state index < -0.39 is 35.5 Å². The third-order valence-corrected chi connectivity index (χ3v) is 6.38. The summed E-state index contributed by atoms with van der Waals surface area (Å²) in [5.41, 5.74) is -1.81. The summed E-state index contributed by atoms with van der Waals surface area (Å²) in [5, 5.41) is 0. The highest BCUT2D eigenvalue weighted by Gasteiger charge is 2.61. The van der Waals surface area contributed by atoms with Gasteiger partial charge in [0.15, 0.2) is 0 Å². The summed E-state index contributed by atoms with van der Waals surface area (Å²) < 4.78 is 85.6. The number of amidine groups is 1. The van der Waals surface area contributed by atoms with Gasteiger partial charge in [0.1, 0.15) is 11.3 Å². The van der Waals surface area contributed by atoms with Crippen LogP contribution in [0, 0.1) is 5.41 Å². The topological polar surface area (TPSA) is 83.8 Å². The molecule has 1 aliphatic carbocycles. The largest absolute Gasteiger partial charge is 0.434 e. The van der Waals surface area contributed by atoms with E-state index in [1.165, 1.54) is 19.5 Å². The van der Waals surface area contributed by atoms with Crippen molar-refractivity contribution in [2.45, 2.75) is 63.5 Å². The minimum Gasteiger partial charge on any atom is -0.426 e. The monoisotopic (exact) mass is 528 g/mol. The maximum absolute atomic E-state index is 13.7. The molecule has 2 amide bonds. The van der Waals surface area contributed by atoms with Gasteiger partial charge in [-0.1, -0.05) is 6.58 Å². The number of aliphatic imine (C=N–C) groups is 2. The Kier molecular flexibility index (Phi) is 9.19. The Balaban J connectivity index is 2.20. The molecule has 1 saturated heterocycles. The Bertz CT molecular complexity index is 861. The second-order valence-corrected chi connectivity index (χ2v) is 8.89. The minimum absolute atomic E-state index is 0.0985. The van der Waals surface area contributed by atoms with Crippen LogP contribution in [0.4, 0.5) is 31.1 Å². The van der Waals surface area contributed by atoms with Crippen LogP contribution in [0.3, 0.4) is 0 Å². The zero-order chi connectivity index (χ0) is 27.4. The molecule has 0 N–H and O–H groups in total. The third-order valence-electron chi connectivity index (χ3n) is 6.38. The van der Waals surface area contributed by atoms with Crippen molar-refractivity contribution in [1.82, 2.24) is 9.80 Å². The zero-order valence-electron chi connectivity index (χ0n) is 20.3. The summed E-state index contributed by atoms with van der Waals surface area (Å²) in [4.78, 5) is 36.6. The van der Waals surface area contributed by atoms with E-state index in [-0.39, 0.29) is 45.0 Å². The molecule has 2 rings (SSSR count). The summed E-state index contributed by atoms with van der Waals surface area (Å²) in [5.74, 6) is 0.0425. The Labute approximate surface area is 205 Å². The van der Waals surface area contributed by atoms with Crippen LogP contribution in [0.2, 0.25) is 0 Å². The van der Waals surface area contributed by atoms with E-state index in [9.17, 15) is 35.9 Å². The minimum atomic E-state index is -5.80. The van der Waals surface area contributed by atoms with Crippen LogP contribution in [0.5, 0.6) is 0 Å². The van der Waals surface area contributed by atoms with Crippen LogP contribution >= 0.6 is 0 Å². The zero-order valence-corrected chi connectivity index (χ0v) is 20.3. The van der Waals surface area contributed by atoms with E-state index in [1.54, 1.807) is 18.7 Å². The van der Waals surface area contributed by atoms with E-state index in [1.807, 2.05) is 0 Å². The summed E-state index contributed by atoms with van der Waals surface area (Å²) in [7, 11) is 1.46. The van der Waals surface area contributed by atoms with Gasteiger partial charge < -0.3 is 19.3 Å². The van der Waals surface area contributed by atoms with E-state index >= 15 is 0 Å². The molecule has 0 aromatic carbocycles. The van der Waals surface area contributed by atoms with Gasteiger partial charge in [0.2, 0.25) is 5.91 Å². The lowest BCUT2D eigenvalue weighted by molar-refractivity contribution is -0.308. The molecule has 2 aliphatic rings. The van der Waals surface area contributed by atoms with Crippen molar-refractivity contribution < 1.29 is 45.4 Å². The molecule has 8 nitrogen and oxygen atoms in total. The van der Waals surface area contributed by atoms with Crippen molar-refractivity contribution in [1.29, 1.82) is 0 Å². The number of hydrogen-bond donors (Lipinski definition) is 0. The number of carbonyl (C=O) groups is 2. The lowest BCUT2D eigenvalue weighted by atomic mass is 9.86. The highest BCUT2D eigenvalue weighted by Crippen LogP contribution is 2.50. The number of alkyl halides is 6. The lowest BCUT2D eigenvalue weighted by Gasteiger charge is -2.47. The normalized spacial score (nSPS) is 19.9. The van der Waals surface area contributed by atoms with Gasteiger partial charge in [0, 0.05) is 44.7 Å². The third kappa shape index (κ3) is 6.56. The highest BCUT2D eigenvalue weighted by molar-refractivity contribution is 6.12. The molecule has 1 saturated carbocycles. The van der Waals surface area contributed by atoms with Crippen molar-refractivity contribution >= 4 is 24.1 Å².